The van der Waals surface area contributed by atoms with Gasteiger partial charge in [0.2, 0.25) is 5.95 Å². The van der Waals surface area contributed by atoms with Gasteiger partial charge < -0.3 is 5.73 Å². The Morgan fingerprint density at radius 1 is 0.818 bits per heavy atom. The summed E-state index contributed by atoms with van der Waals surface area (Å²) in [6, 6.07) is 10.2. The van der Waals surface area contributed by atoms with Crippen LogP contribution in [0.5, 0.6) is 0 Å². The third-order valence-corrected chi connectivity index (χ3v) is 3.19. The molecule has 22 heavy (non-hydrogen) atoms. The number of nitrogen functional groups attached to an aromatic ring is 1. The van der Waals surface area contributed by atoms with E-state index in [1.54, 1.807) is 24.3 Å². The molecule has 3 aromatic rings. The molecule has 0 aliphatic heterocycles. The summed E-state index contributed by atoms with van der Waals surface area (Å²) in [5.74, 6) is -1.62. The van der Waals surface area contributed by atoms with Crippen molar-refractivity contribution in [1.29, 1.82) is 0 Å². The number of rotatable bonds is 2. The quantitative estimate of drug-likeness (QED) is 0.782. The molecule has 0 saturated carbocycles. The third-order valence-electron chi connectivity index (χ3n) is 2.94. The molecular weight excluding hydrogens is 310 g/mol. The fraction of sp³-hybridized carbons (Fsp3) is 0. The van der Waals surface area contributed by atoms with Crippen molar-refractivity contribution in [2.75, 3.05) is 5.73 Å². The number of halogens is 3. The summed E-state index contributed by atoms with van der Waals surface area (Å²) in [5.41, 5.74) is 5.90. The molecule has 0 saturated heterocycles. The first-order valence-electron chi connectivity index (χ1n) is 6.26. The van der Waals surface area contributed by atoms with Gasteiger partial charge in [0.15, 0.2) is 11.6 Å². The van der Waals surface area contributed by atoms with E-state index in [0.717, 1.165) is 12.1 Å². The van der Waals surface area contributed by atoms with Crippen LogP contribution in [0.3, 0.4) is 0 Å². The summed E-state index contributed by atoms with van der Waals surface area (Å²) in [4.78, 5) is 11.9. The zero-order chi connectivity index (χ0) is 15.7. The van der Waals surface area contributed by atoms with Crippen LogP contribution >= 0.6 is 11.6 Å². The fourth-order valence-electron chi connectivity index (χ4n) is 1.94. The number of nitrogens with two attached hydrogens (primary N) is 1. The molecule has 2 aromatic carbocycles. The molecule has 0 aliphatic rings. The van der Waals surface area contributed by atoms with Crippen LogP contribution in [-0.2, 0) is 0 Å². The van der Waals surface area contributed by atoms with Gasteiger partial charge >= 0.3 is 0 Å². The average Bonchev–Trinajstić information content (AvgIpc) is 2.47. The van der Waals surface area contributed by atoms with Gasteiger partial charge in [-0.15, -0.1) is 0 Å². The lowest BCUT2D eigenvalue weighted by Crippen LogP contribution is -2.04. The van der Waals surface area contributed by atoms with Crippen LogP contribution < -0.4 is 5.73 Å². The molecule has 3 rings (SSSR count). The van der Waals surface area contributed by atoms with Crippen LogP contribution in [0.1, 0.15) is 0 Å². The second-order valence-corrected chi connectivity index (χ2v) is 4.88. The largest absolute Gasteiger partial charge is 0.368 e. The van der Waals surface area contributed by atoms with Crippen LogP contribution in [-0.4, -0.2) is 15.0 Å². The molecule has 0 aliphatic carbocycles. The van der Waals surface area contributed by atoms with Gasteiger partial charge in [-0.2, -0.15) is 9.97 Å². The van der Waals surface area contributed by atoms with Crippen molar-refractivity contribution < 1.29 is 8.78 Å². The second kappa shape index (κ2) is 5.65. The SMILES string of the molecule is Nc1nc(-c2ccc(Cl)cc2)nc(-c2c(F)cccc2F)n1. The standard InChI is InChI=1S/C15H9ClF2N4/c16-9-6-4-8(5-7-9)13-20-14(22-15(19)21-13)12-10(17)2-1-3-11(12)18/h1-7H,(H2,19,20,21,22). The van der Waals surface area contributed by atoms with Crippen LogP contribution in [0.2, 0.25) is 5.02 Å². The third kappa shape index (κ3) is 2.73. The number of anilines is 1. The van der Waals surface area contributed by atoms with Gasteiger partial charge in [-0.05, 0) is 36.4 Å². The van der Waals surface area contributed by atoms with E-state index in [0.29, 0.717) is 10.6 Å². The van der Waals surface area contributed by atoms with Crippen LogP contribution in [0.25, 0.3) is 22.8 Å². The first kappa shape index (κ1) is 14.3. The molecule has 0 radical (unpaired) electrons. The van der Waals surface area contributed by atoms with Crippen molar-refractivity contribution in [2.24, 2.45) is 0 Å². The molecule has 110 valence electrons. The molecule has 0 unspecified atom stereocenters. The predicted molar refractivity (Wildman–Crippen MR) is 80.0 cm³/mol. The summed E-state index contributed by atoms with van der Waals surface area (Å²) in [6.07, 6.45) is 0. The van der Waals surface area contributed by atoms with Gasteiger partial charge in [-0.1, -0.05) is 17.7 Å². The second-order valence-electron chi connectivity index (χ2n) is 4.44. The molecular formula is C15H9ClF2N4. The minimum atomic E-state index is -0.771. The summed E-state index contributed by atoms with van der Waals surface area (Å²) in [5, 5.41) is 0.547. The normalized spacial score (nSPS) is 10.7. The van der Waals surface area contributed by atoms with E-state index in [1.165, 1.54) is 6.07 Å². The first-order valence-corrected chi connectivity index (χ1v) is 6.64. The van der Waals surface area contributed by atoms with Crippen LogP contribution in [0.4, 0.5) is 14.7 Å². The smallest absolute Gasteiger partial charge is 0.224 e. The summed E-state index contributed by atoms with van der Waals surface area (Å²) >= 11 is 5.82. The van der Waals surface area contributed by atoms with Crippen molar-refractivity contribution in [1.82, 2.24) is 15.0 Å². The van der Waals surface area contributed by atoms with Gasteiger partial charge in [-0.25, -0.2) is 13.8 Å². The topological polar surface area (TPSA) is 64.7 Å². The summed E-state index contributed by atoms with van der Waals surface area (Å²) in [7, 11) is 0. The Labute approximate surface area is 129 Å². The zero-order valence-corrected chi connectivity index (χ0v) is 11.9. The van der Waals surface area contributed by atoms with Gasteiger partial charge in [0.05, 0.1) is 5.56 Å². The molecule has 0 spiro atoms. The average molecular weight is 319 g/mol. The highest BCUT2D eigenvalue weighted by atomic mass is 35.5. The Morgan fingerprint density at radius 2 is 1.41 bits per heavy atom. The number of aromatic nitrogens is 3. The monoisotopic (exact) mass is 318 g/mol. The van der Waals surface area contributed by atoms with E-state index in [-0.39, 0.29) is 23.2 Å². The maximum Gasteiger partial charge on any atom is 0.224 e. The highest BCUT2D eigenvalue weighted by Gasteiger charge is 2.16. The predicted octanol–water partition coefficient (Wildman–Crippen LogP) is 3.72. The van der Waals surface area contributed by atoms with Crippen LogP contribution in [0.15, 0.2) is 42.5 Å². The zero-order valence-electron chi connectivity index (χ0n) is 11.1. The molecule has 4 nitrogen and oxygen atoms in total. The molecule has 7 heteroatoms. The number of hydrogen-bond donors (Lipinski definition) is 1. The lowest BCUT2D eigenvalue weighted by molar-refractivity contribution is 0.587. The Balaban J connectivity index is 2.17. The van der Waals surface area contributed by atoms with Gasteiger partial charge in [0.25, 0.3) is 0 Å². The molecule has 0 amide bonds. The Morgan fingerprint density at radius 3 is 2.05 bits per heavy atom. The van der Waals surface area contributed by atoms with Gasteiger partial charge in [-0.3, -0.25) is 0 Å². The molecule has 0 fully saturated rings. The van der Waals surface area contributed by atoms with E-state index < -0.39 is 11.6 Å². The molecule has 0 atom stereocenters. The molecule has 1 heterocycles. The highest BCUT2D eigenvalue weighted by Crippen LogP contribution is 2.26. The van der Waals surface area contributed by atoms with Crippen LogP contribution in [0, 0.1) is 11.6 Å². The van der Waals surface area contributed by atoms with Crippen molar-refractivity contribution >= 4 is 17.5 Å². The number of benzene rings is 2. The fourth-order valence-corrected chi connectivity index (χ4v) is 2.07. The summed E-state index contributed by atoms with van der Waals surface area (Å²) < 4.78 is 27.7. The number of nitrogens with zero attached hydrogens (tertiary/aromatic N) is 3. The Bertz CT molecular complexity index is 817. The van der Waals surface area contributed by atoms with E-state index in [1.807, 2.05) is 0 Å². The molecule has 1 aromatic heterocycles. The highest BCUT2D eigenvalue weighted by molar-refractivity contribution is 6.30. The lowest BCUT2D eigenvalue weighted by atomic mass is 10.1. The van der Waals surface area contributed by atoms with Gasteiger partial charge in [0.1, 0.15) is 11.6 Å². The van der Waals surface area contributed by atoms with E-state index in [2.05, 4.69) is 15.0 Å². The minimum Gasteiger partial charge on any atom is -0.368 e. The molecule has 0 bridgehead atoms. The maximum atomic E-state index is 13.9. The van der Waals surface area contributed by atoms with Crippen molar-refractivity contribution in [2.45, 2.75) is 0 Å². The minimum absolute atomic E-state index is 0.127. The van der Waals surface area contributed by atoms with E-state index in [4.69, 9.17) is 17.3 Å². The van der Waals surface area contributed by atoms with E-state index in [9.17, 15) is 8.78 Å². The van der Waals surface area contributed by atoms with Crippen molar-refractivity contribution in [3.05, 3.63) is 59.1 Å². The Hall–Kier alpha value is -2.60. The molecule has 2 N–H and O–H groups in total. The van der Waals surface area contributed by atoms with Gasteiger partial charge in [0, 0.05) is 10.6 Å². The maximum absolute atomic E-state index is 13.9. The van der Waals surface area contributed by atoms with Crippen molar-refractivity contribution in [3.63, 3.8) is 0 Å². The first-order chi connectivity index (χ1) is 10.5. The number of hydrogen-bond acceptors (Lipinski definition) is 4. The Kier molecular flexibility index (Phi) is 3.68. The van der Waals surface area contributed by atoms with E-state index >= 15 is 0 Å². The van der Waals surface area contributed by atoms with Crippen molar-refractivity contribution in [3.8, 4) is 22.8 Å². The summed E-state index contributed by atoms with van der Waals surface area (Å²) in [6.45, 7) is 0. The lowest BCUT2D eigenvalue weighted by Gasteiger charge is -2.07.